The lowest BCUT2D eigenvalue weighted by Gasteiger charge is -2.36. The number of nitrogens with zero attached hydrogens (tertiary/aromatic N) is 1. The molecular formula is C21H37N. The Kier molecular flexibility index (Phi) is 8.35. The molecular weight excluding hydrogens is 266 g/mol. The summed E-state index contributed by atoms with van der Waals surface area (Å²) >= 11 is 0. The molecule has 0 aliphatic heterocycles. The van der Waals surface area contributed by atoms with Crippen molar-refractivity contribution >= 4 is 0 Å². The van der Waals surface area contributed by atoms with Gasteiger partial charge >= 0.3 is 0 Å². The van der Waals surface area contributed by atoms with Crippen molar-refractivity contribution in [3.8, 4) is 6.07 Å². The van der Waals surface area contributed by atoms with Gasteiger partial charge in [0, 0.05) is 5.92 Å². The normalized spacial score (nSPS) is 28.2. The molecule has 2 aliphatic rings. The summed E-state index contributed by atoms with van der Waals surface area (Å²) in [5, 5.41) is 9.22. The van der Waals surface area contributed by atoms with Crippen molar-refractivity contribution < 1.29 is 0 Å². The van der Waals surface area contributed by atoms with E-state index in [9.17, 15) is 5.26 Å². The van der Waals surface area contributed by atoms with Gasteiger partial charge in [0.25, 0.3) is 0 Å². The lowest BCUT2D eigenvalue weighted by molar-refractivity contribution is 0.162. The SMILES string of the molecule is CCCCC(C#N)CCCC1CCC(C2CCCCC2)CC1. The smallest absolute Gasteiger partial charge is 0.0655 e. The van der Waals surface area contributed by atoms with Crippen LogP contribution < -0.4 is 0 Å². The number of unbranched alkanes of at least 4 members (excludes halogenated alkanes) is 1. The van der Waals surface area contributed by atoms with Gasteiger partial charge in [0.1, 0.15) is 0 Å². The molecule has 2 aliphatic carbocycles. The predicted molar refractivity (Wildman–Crippen MR) is 94.5 cm³/mol. The maximum atomic E-state index is 9.22. The van der Waals surface area contributed by atoms with E-state index in [0.717, 1.165) is 30.6 Å². The maximum absolute atomic E-state index is 9.22. The lowest BCUT2D eigenvalue weighted by atomic mass is 9.70. The topological polar surface area (TPSA) is 23.8 Å². The van der Waals surface area contributed by atoms with Gasteiger partial charge in [-0.1, -0.05) is 77.6 Å². The van der Waals surface area contributed by atoms with Crippen LogP contribution in [0.5, 0.6) is 0 Å². The molecule has 1 heteroatoms. The van der Waals surface area contributed by atoms with Gasteiger partial charge in [0.2, 0.25) is 0 Å². The van der Waals surface area contributed by atoms with Gasteiger partial charge in [-0.2, -0.15) is 5.26 Å². The fourth-order valence-electron chi connectivity index (χ4n) is 4.93. The highest BCUT2D eigenvalue weighted by Crippen LogP contribution is 2.41. The van der Waals surface area contributed by atoms with Crippen molar-refractivity contribution in [2.75, 3.05) is 0 Å². The van der Waals surface area contributed by atoms with E-state index >= 15 is 0 Å². The molecule has 0 bridgehead atoms. The van der Waals surface area contributed by atoms with Crippen LogP contribution in [0.15, 0.2) is 0 Å². The summed E-state index contributed by atoms with van der Waals surface area (Å²) in [4.78, 5) is 0. The third-order valence-corrected chi connectivity index (χ3v) is 6.46. The van der Waals surface area contributed by atoms with E-state index in [-0.39, 0.29) is 0 Å². The van der Waals surface area contributed by atoms with Gasteiger partial charge in [0.15, 0.2) is 0 Å². The first kappa shape index (κ1) is 17.8. The molecule has 0 aromatic rings. The second-order valence-corrected chi connectivity index (χ2v) is 8.08. The van der Waals surface area contributed by atoms with Crippen LogP contribution in [0.25, 0.3) is 0 Å². The molecule has 0 heterocycles. The molecule has 126 valence electrons. The Morgan fingerprint density at radius 1 is 0.864 bits per heavy atom. The van der Waals surface area contributed by atoms with Gasteiger partial charge in [-0.25, -0.2) is 0 Å². The molecule has 0 N–H and O–H groups in total. The molecule has 0 radical (unpaired) electrons. The Bertz CT molecular complexity index is 315. The van der Waals surface area contributed by atoms with E-state index in [1.54, 1.807) is 0 Å². The van der Waals surface area contributed by atoms with E-state index in [4.69, 9.17) is 0 Å². The lowest BCUT2D eigenvalue weighted by Crippen LogP contribution is -2.23. The highest BCUT2D eigenvalue weighted by molar-refractivity contribution is 4.83. The van der Waals surface area contributed by atoms with E-state index in [1.807, 2.05) is 0 Å². The monoisotopic (exact) mass is 303 g/mol. The van der Waals surface area contributed by atoms with Crippen molar-refractivity contribution in [3.05, 3.63) is 0 Å². The fourth-order valence-corrected chi connectivity index (χ4v) is 4.93. The summed E-state index contributed by atoms with van der Waals surface area (Å²) in [6.07, 6.45) is 20.9. The average molecular weight is 304 g/mol. The Balaban J connectivity index is 1.58. The second kappa shape index (κ2) is 10.3. The van der Waals surface area contributed by atoms with Crippen molar-refractivity contribution in [2.45, 2.75) is 103 Å². The zero-order valence-corrected chi connectivity index (χ0v) is 14.9. The van der Waals surface area contributed by atoms with Crippen molar-refractivity contribution in [1.29, 1.82) is 5.26 Å². The zero-order valence-electron chi connectivity index (χ0n) is 14.9. The van der Waals surface area contributed by atoms with Crippen LogP contribution in [-0.4, -0.2) is 0 Å². The van der Waals surface area contributed by atoms with Crippen molar-refractivity contribution in [3.63, 3.8) is 0 Å². The summed E-state index contributed by atoms with van der Waals surface area (Å²) in [5.74, 6) is 3.45. The average Bonchev–Trinajstić information content (AvgIpc) is 2.59. The molecule has 1 atom stereocenters. The first-order valence-electron chi connectivity index (χ1n) is 10.2. The number of rotatable bonds is 8. The summed E-state index contributed by atoms with van der Waals surface area (Å²) in [5.41, 5.74) is 0. The van der Waals surface area contributed by atoms with Crippen molar-refractivity contribution in [2.24, 2.45) is 23.7 Å². The Labute approximate surface area is 138 Å². The van der Waals surface area contributed by atoms with Crippen LogP contribution in [0, 0.1) is 35.0 Å². The molecule has 0 aromatic carbocycles. The van der Waals surface area contributed by atoms with Crippen LogP contribution in [-0.2, 0) is 0 Å². The molecule has 0 saturated heterocycles. The highest BCUT2D eigenvalue weighted by Gasteiger charge is 2.28. The van der Waals surface area contributed by atoms with Crippen LogP contribution >= 0.6 is 0 Å². The first-order valence-corrected chi connectivity index (χ1v) is 10.2. The summed E-state index contributed by atoms with van der Waals surface area (Å²) in [6, 6.07) is 2.52. The van der Waals surface area contributed by atoms with Gasteiger partial charge in [0.05, 0.1) is 6.07 Å². The minimum atomic E-state index is 0.332. The number of hydrogen-bond donors (Lipinski definition) is 0. The zero-order chi connectivity index (χ0) is 15.6. The van der Waals surface area contributed by atoms with Gasteiger partial charge in [-0.15, -0.1) is 0 Å². The Morgan fingerprint density at radius 2 is 1.50 bits per heavy atom. The molecule has 22 heavy (non-hydrogen) atoms. The minimum Gasteiger partial charge on any atom is -0.198 e. The summed E-state index contributed by atoms with van der Waals surface area (Å²) < 4.78 is 0. The van der Waals surface area contributed by atoms with E-state index in [1.165, 1.54) is 83.5 Å². The summed E-state index contributed by atoms with van der Waals surface area (Å²) in [7, 11) is 0. The van der Waals surface area contributed by atoms with Crippen LogP contribution in [0.3, 0.4) is 0 Å². The fraction of sp³-hybridized carbons (Fsp3) is 0.952. The predicted octanol–water partition coefficient (Wildman–Crippen LogP) is 6.87. The number of hydrogen-bond acceptors (Lipinski definition) is 1. The van der Waals surface area contributed by atoms with Gasteiger partial charge in [-0.3, -0.25) is 0 Å². The Hall–Kier alpha value is -0.510. The largest absolute Gasteiger partial charge is 0.198 e. The standard InChI is InChI=1S/C21H37N/c1-2-3-8-19(17-22)10-7-9-18-13-15-21(16-14-18)20-11-5-4-6-12-20/h18-21H,2-16H2,1H3. The van der Waals surface area contributed by atoms with Crippen LogP contribution in [0.2, 0.25) is 0 Å². The molecule has 0 amide bonds. The molecule has 1 unspecified atom stereocenters. The van der Waals surface area contributed by atoms with E-state index < -0.39 is 0 Å². The maximum Gasteiger partial charge on any atom is 0.0655 e. The van der Waals surface area contributed by atoms with E-state index in [2.05, 4.69) is 13.0 Å². The Morgan fingerprint density at radius 3 is 2.14 bits per heavy atom. The first-order chi connectivity index (χ1) is 10.8. The quantitative estimate of drug-likeness (QED) is 0.479. The molecule has 0 aromatic heterocycles. The van der Waals surface area contributed by atoms with Gasteiger partial charge < -0.3 is 0 Å². The third kappa shape index (κ3) is 5.94. The molecule has 2 saturated carbocycles. The second-order valence-electron chi connectivity index (χ2n) is 8.08. The van der Waals surface area contributed by atoms with Crippen LogP contribution in [0.1, 0.15) is 103 Å². The van der Waals surface area contributed by atoms with Crippen LogP contribution in [0.4, 0.5) is 0 Å². The van der Waals surface area contributed by atoms with E-state index in [0.29, 0.717) is 5.92 Å². The summed E-state index contributed by atoms with van der Waals surface area (Å²) in [6.45, 7) is 2.22. The molecule has 2 fully saturated rings. The molecule has 1 nitrogen and oxygen atoms in total. The molecule has 0 spiro atoms. The molecule has 2 rings (SSSR count). The van der Waals surface area contributed by atoms with Gasteiger partial charge in [-0.05, 0) is 43.4 Å². The minimum absolute atomic E-state index is 0.332. The third-order valence-electron chi connectivity index (χ3n) is 6.46. The van der Waals surface area contributed by atoms with Crippen molar-refractivity contribution in [1.82, 2.24) is 0 Å². The highest BCUT2D eigenvalue weighted by atomic mass is 14.3. The number of nitriles is 1.